The summed E-state index contributed by atoms with van der Waals surface area (Å²) in [5.41, 5.74) is -2.20. The van der Waals surface area contributed by atoms with Crippen LogP contribution in [-0.4, -0.2) is 227 Å². The molecule has 105 heavy (non-hydrogen) atoms. The molecule has 0 aromatic carbocycles. The number of ether oxygens (including phenoxy) is 13. The average molecular weight is 1670 g/mol. The van der Waals surface area contributed by atoms with Crippen LogP contribution in [0.2, 0.25) is 10.6 Å². The van der Waals surface area contributed by atoms with Crippen molar-refractivity contribution in [2.75, 3.05) is 74.9 Å². The number of hydrogen-bond acceptors (Lipinski definition) is 26. The van der Waals surface area contributed by atoms with E-state index in [1.165, 1.54) is 25.1 Å². The molecule has 6 aliphatic rings. The first-order valence-electron chi connectivity index (χ1n) is 35.7. The van der Waals surface area contributed by atoms with E-state index in [-0.39, 0.29) is 74.0 Å². The lowest BCUT2D eigenvalue weighted by molar-refractivity contribution is -0.207. The SMILES string of the molecule is CC(C)(C)OC(=O)CCC(CO)(OC[C@H]1O[C@@H](n2ncc3c(N(C(=O)OC(C)(C)C)C4CCCC4)nc(Cl)nc32)[C@@H]2OC(C)(C)O[C@@H]21)P(C)(C)=O.CI.COCC(CCC(=O)OC(C)(C)C)(OC[C@H]1O[C@@H](n2ncc3c(N(C(=O)OC(C)(C)C)C4CCCC4)nc(Cl)nc32)[C@@H]2OC(C)(C)O[C@@H]21)P(C)(C)=O. The smallest absolute Gasteiger partial charge is 0.416 e. The molecule has 2 aliphatic carbocycles. The topological polar surface area (TPSA) is 336 Å². The third-order valence-corrected chi connectivity index (χ3v) is 23.7. The number of alkyl halides is 1. The van der Waals surface area contributed by atoms with Crippen molar-refractivity contribution in [1.82, 2.24) is 39.5 Å². The lowest BCUT2D eigenvalue weighted by atomic mass is 10.1. The predicted octanol–water partition coefficient (Wildman–Crippen LogP) is 13.8. The second-order valence-corrected chi connectivity index (χ2v) is 40.8. The third kappa shape index (κ3) is 21.1. The summed E-state index contributed by atoms with van der Waals surface area (Å²) in [5, 5.41) is 17.8. The van der Waals surface area contributed by atoms with Gasteiger partial charge in [-0.1, -0.05) is 48.3 Å². The molecule has 0 radical (unpaired) electrons. The van der Waals surface area contributed by atoms with Crippen molar-refractivity contribution in [2.45, 2.75) is 294 Å². The molecule has 8 heterocycles. The Morgan fingerprint density at radius 3 is 1.22 bits per heavy atom. The van der Waals surface area contributed by atoms with Crippen molar-refractivity contribution >= 4 is 118 Å². The lowest BCUT2D eigenvalue weighted by Crippen LogP contribution is -2.43. The number of aromatic nitrogens is 8. The molecule has 0 spiro atoms. The highest BCUT2D eigenvalue weighted by molar-refractivity contribution is 14.1. The molecule has 10 atom stereocenters. The van der Waals surface area contributed by atoms with Crippen LogP contribution < -0.4 is 9.80 Å². The molecular formula is C70H111Cl2IN10O20P2. The summed E-state index contributed by atoms with van der Waals surface area (Å²) >= 11 is 15.2. The Morgan fingerprint density at radius 1 is 0.562 bits per heavy atom. The van der Waals surface area contributed by atoms with Crippen molar-refractivity contribution < 1.29 is 95.0 Å². The second-order valence-electron chi connectivity index (χ2n) is 33.1. The van der Waals surface area contributed by atoms with Gasteiger partial charge < -0.3 is 75.8 Å². The molecule has 1 N–H and O–H groups in total. The Hall–Kier alpha value is -4.05. The zero-order valence-electron chi connectivity index (χ0n) is 64.9. The molecule has 4 aromatic heterocycles. The number of anilines is 2. The van der Waals surface area contributed by atoms with Gasteiger partial charge in [0.05, 0.1) is 49.6 Å². The minimum absolute atomic E-state index is 0.0235. The molecule has 30 nitrogen and oxygen atoms in total. The van der Waals surface area contributed by atoms with Crippen LogP contribution in [0.15, 0.2) is 12.4 Å². The molecule has 2 amide bonds. The van der Waals surface area contributed by atoms with Gasteiger partial charge in [0.1, 0.15) is 84.0 Å². The van der Waals surface area contributed by atoms with E-state index in [1.54, 1.807) is 109 Å². The highest BCUT2D eigenvalue weighted by Crippen LogP contribution is 2.57. The Labute approximate surface area is 640 Å². The summed E-state index contributed by atoms with van der Waals surface area (Å²) in [7, 11) is -4.74. The second kappa shape index (κ2) is 33.5. The van der Waals surface area contributed by atoms with Gasteiger partial charge in [0.15, 0.2) is 47.0 Å². The summed E-state index contributed by atoms with van der Waals surface area (Å²) in [5.74, 6) is -2.31. The predicted molar refractivity (Wildman–Crippen MR) is 403 cm³/mol. The molecule has 2 unspecified atom stereocenters. The highest BCUT2D eigenvalue weighted by atomic mass is 127. The Kier molecular flexibility index (Phi) is 27.6. The number of rotatable bonds is 23. The number of halogens is 3. The van der Waals surface area contributed by atoms with Crippen molar-refractivity contribution in [3.63, 3.8) is 0 Å². The van der Waals surface area contributed by atoms with Crippen LogP contribution in [0.1, 0.15) is 200 Å². The number of carbonyl (C=O) groups excluding carboxylic acids is 4. The maximum atomic E-state index is 13.9. The van der Waals surface area contributed by atoms with Crippen molar-refractivity contribution in [1.29, 1.82) is 0 Å². The van der Waals surface area contributed by atoms with Gasteiger partial charge in [-0.15, -0.1) is 0 Å². The van der Waals surface area contributed by atoms with Crippen LogP contribution in [0.25, 0.3) is 22.1 Å². The highest BCUT2D eigenvalue weighted by Gasteiger charge is 2.60. The number of methoxy groups -OCH3 is 1. The molecule has 4 aliphatic heterocycles. The molecule has 6 fully saturated rings. The fourth-order valence-corrected chi connectivity index (χ4v) is 17.1. The van der Waals surface area contributed by atoms with Crippen LogP contribution in [0, 0.1) is 0 Å². The maximum absolute atomic E-state index is 13.9. The molecule has 592 valence electrons. The van der Waals surface area contributed by atoms with Gasteiger partial charge in [-0.05, 0) is 204 Å². The van der Waals surface area contributed by atoms with E-state index in [9.17, 15) is 33.4 Å². The monoisotopic (exact) mass is 1670 g/mol. The maximum Gasteiger partial charge on any atom is 0.416 e. The average Bonchev–Trinajstić information content (AvgIpc) is 1.56. The van der Waals surface area contributed by atoms with Crippen LogP contribution in [0.4, 0.5) is 21.2 Å². The van der Waals surface area contributed by atoms with Gasteiger partial charge >= 0.3 is 24.1 Å². The van der Waals surface area contributed by atoms with E-state index in [0.717, 1.165) is 51.4 Å². The number of fused-ring (bicyclic) bond motifs is 4. The van der Waals surface area contributed by atoms with E-state index in [4.69, 9.17) is 84.8 Å². The van der Waals surface area contributed by atoms with Crippen LogP contribution >= 0.6 is 60.1 Å². The molecule has 2 saturated carbocycles. The van der Waals surface area contributed by atoms with Crippen molar-refractivity contribution in [2.24, 2.45) is 0 Å². The van der Waals surface area contributed by atoms with Gasteiger partial charge in [0.2, 0.25) is 10.6 Å². The fraction of sp³-hybridized carbons (Fsp3) is 0.800. The zero-order valence-corrected chi connectivity index (χ0v) is 70.4. The molecule has 10 rings (SSSR count). The first-order valence-corrected chi connectivity index (χ1v) is 43.9. The quantitative estimate of drug-likeness (QED) is 0.0180. The molecule has 4 aromatic rings. The van der Waals surface area contributed by atoms with E-state index in [1.807, 2.05) is 46.5 Å². The standard InChI is InChI=1S/C35H55ClN5O10P.C34H53ClN5O10P.CH3I/c1-32(2,3)48-24(42)16-17-35(20-45-9,52(10,11)44)46-19-23-25-26(50-34(7,8)49-25)29(47-23)41-28-22(18-37-41)27(38-30(36)39-28)40(21-14-12-13-15-21)31(43)51-33(4,5)6;1-31(2,3)47-23(42)15-16-34(19-41,51(9,10)44)45-18-22-24-25(49-33(7,8)48-24)28(46-22)40-27-21(17-36-40)26(37-29(35)38-27)39(20-13-11-12-14-20)30(43)50-32(4,5)6;1-2/h18,21,23,25-26,29H,12-17,19-20H2,1-11H3;17,20,22,24-25,28,41H,11-16,18-19H2,1-10H3;1H3/t23-,25-,26-,29-,35?;22-,24-,25-,28-,34?;/m11./s1. The number of carbonyl (C=O) groups is 4. The molecule has 0 bridgehead atoms. The van der Waals surface area contributed by atoms with Crippen LogP contribution in [0.3, 0.4) is 0 Å². The zero-order chi connectivity index (χ0) is 78.2. The van der Waals surface area contributed by atoms with Gasteiger partial charge in [0.25, 0.3) is 0 Å². The Bertz CT molecular complexity index is 3800. The van der Waals surface area contributed by atoms with E-state index in [0.29, 0.717) is 27.9 Å². The fourth-order valence-electron chi connectivity index (χ4n) is 13.9. The Balaban J connectivity index is 0.000000259. The van der Waals surface area contributed by atoms with Gasteiger partial charge in [-0.25, -0.2) is 19.0 Å². The summed E-state index contributed by atoms with van der Waals surface area (Å²) in [4.78, 5) is 75.9. The molecule has 35 heteroatoms. The number of nitrogens with zero attached hydrogens (tertiary/aromatic N) is 10. The van der Waals surface area contributed by atoms with E-state index < -0.39 is 139 Å². The number of aliphatic hydroxyl groups excluding tert-OH is 1. The van der Waals surface area contributed by atoms with Gasteiger partial charge in [-0.2, -0.15) is 30.1 Å². The van der Waals surface area contributed by atoms with Gasteiger partial charge in [-0.3, -0.25) is 19.4 Å². The summed E-state index contributed by atoms with van der Waals surface area (Å²) in [6.07, 6.45) is 3.18. The first kappa shape index (κ1) is 86.5. The van der Waals surface area contributed by atoms with Crippen molar-refractivity contribution in [3.8, 4) is 0 Å². The largest absolute Gasteiger partial charge is 0.460 e. The normalized spacial score (nSPS) is 24.6. The van der Waals surface area contributed by atoms with Gasteiger partial charge in [0, 0.05) is 32.0 Å². The van der Waals surface area contributed by atoms with E-state index in [2.05, 4.69) is 52.7 Å². The number of hydrogen-bond donors (Lipinski definition) is 1. The van der Waals surface area contributed by atoms with Crippen molar-refractivity contribution in [3.05, 3.63) is 23.0 Å². The molecule has 4 saturated heterocycles. The Morgan fingerprint density at radius 2 is 0.895 bits per heavy atom. The third-order valence-electron chi connectivity index (χ3n) is 18.5. The van der Waals surface area contributed by atoms with Crippen LogP contribution in [-0.2, 0) is 80.3 Å². The lowest BCUT2D eigenvalue weighted by Gasteiger charge is -2.38. The minimum atomic E-state index is -3.17. The summed E-state index contributed by atoms with van der Waals surface area (Å²) < 4.78 is 110. The first-order chi connectivity index (χ1) is 48.6. The number of aliphatic hydroxyl groups is 1. The minimum Gasteiger partial charge on any atom is -0.460 e. The number of esters is 2. The van der Waals surface area contributed by atoms with E-state index >= 15 is 0 Å². The summed E-state index contributed by atoms with van der Waals surface area (Å²) in [6, 6.07) is -0.280. The van der Waals surface area contributed by atoms with Crippen LogP contribution in [0.5, 0.6) is 0 Å². The number of amides is 2. The molecular weight excluding hydrogens is 1560 g/mol. The summed E-state index contributed by atoms with van der Waals surface area (Å²) in [6.45, 7) is 34.1.